The average molecular weight is 623 g/mol. The molecule has 1 aliphatic carbocycles. The number of nitrogens with zero attached hydrogens (tertiary/aromatic N) is 2. The lowest BCUT2D eigenvalue weighted by Crippen LogP contribution is -1.98. The van der Waals surface area contributed by atoms with Gasteiger partial charge in [0.1, 0.15) is 11.2 Å². The molecule has 3 heteroatoms. The van der Waals surface area contributed by atoms with Crippen molar-refractivity contribution >= 4 is 76.3 Å². The third-order valence-corrected chi connectivity index (χ3v) is 10.8. The summed E-state index contributed by atoms with van der Waals surface area (Å²) in [5.74, 6) is 0. The van der Waals surface area contributed by atoms with Crippen LogP contribution in [0.1, 0.15) is 0 Å². The maximum Gasteiger partial charge on any atom is 0.137 e. The number of fused-ring (bicyclic) bond motifs is 13. The molecule has 3 heterocycles. The lowest BCUT2D eigenvalue weighted by molar-refractivity contribution is 0.669. The molecule has 12 rings (SSSR count). The summed E-state index contributed by atoms with van der Waals surface area (Å²) >= 11 is 0. The first-order chi connectivity index (χ1) is 24.3. The number of hydrogen-bond acceptors (Lipinski definition) is 1. The Morgan fingerprint density at radius 1 is 0.367 bits per heavy atom. The predicted molar refractivity (Wildman–Crippen MR) is 204 cm³/mol. The first-order valence-electron chi connectivity index (χ1n) is 16.9. The largest absolute Gasteiger partial charge is 0.456 e. The highest BCUT2D eigenvalue weighted by molar-refractivity contribution is 6.25. The van der Waals surface area contributed by atoms with Crippen molar-refractivity contribution < 1.29 is 4.42 Å². The van der Waals surface area contributed by atoms with Gasteiger partial charge in [-0.05, 0) is 76.0 Å². The van der Waals surface area contributed by atoms with Crippen molar-refractivity contribution in [1.29, 1.82) is 0 Å². The van der Waals surface area contributed by atoms with Crippen LogP contribution < -0.4 is 0 Å². The molecule has 1 aliphatic rings. The van der Waals surface area contributed by atoms with Crippen LogP contribution in [0.5, 0.6) is 0 Å². The van der Waals surface area contributed by atoms with Gasteiger partial charge in [0.25, 0.3) is 0 Å². The van der Waals surface area contributed by atoms with E-state index in [1.165, 1.54) is 71.1 Å². The summed E-state index contributed by atoms with van der Waals surface area (Å²) in [7, 11) is 0. The van der Waals surface area contributed by atoms with Crippen molar-refractivity contribution in [3.05, 3.63) is 158 Å². The van der Waals surface area contributed by atoms with E-state index in [4.69, 9.17) is 4.42 Å². The van der Waals surface area contributed by atoms with Gasteiger partial charge in [0.05, 0.1) is 22.1 Å². The molecule has 3 aromatic heterocycles. The molecule has 3 nitrogen and oxygen atoms in total. The van der Waals surface area contributed by atoms with Gasteiger partial charge in [0, 0.05) is 55.3 Å². The van der Waals surface area contributed by atoms with Gasteiger partial charge in [-0.25, -0.2) is 0 Å². The summed E-state index contributed by atoms with van der Waals surface area (Å²) in [6, 6.07) is 57.5. The fourth-order valence-corrected chi connectivity index (χ4v) is 8.81. The van der Waals surface area contributed by atoms with Gasteiger partial charge >= 0.3 is 0 Å². The number of para-hydroxylation sites is 3. The molecule has 0 atom stereocenters. The molecule has 49 heavy (non-hydrogen) atoms. The van der Waals surface area contributed by atoms with E-state index in [1.807, 2.05) is 12.1 Å². The van der Waals surface area contributed by atoms with Crippen LogP contribution in [0.4, 0.5) is 0 Å². The molecule has 0 radical (unpaired) electrons. The van der Waals surface area contributed by atoms with Gasteiger partial charge in [0.2, 0.25) is 0 Å². The van der Waals surface area contributed by atoms with Gasteiger partial charge in [-0.3, -0.25) is 0 Å². The molecule has 0 fully saturated rings. The molecular weight excluding hydrogens is 597 g/mol. The van der Waals surface area contributed by atoms with Gasteiger partial charge in [-0.1, -0.05) is 103 Å². The number of furan rings is 1. The van der Waals surface area contributed by atoms with Crippen LogP contribution in [0.15, 0.2) is 162 Å². The lowest BCUT2D eigenvalue weighted by atomic mass is 10.0. The summed E-state index contributed by atoms with van der Waals surface area (Å²) < 4.78 is 11.2. The molecule has 0 saturated heterocycles. The highest BCUT2D eigenvalue weighted by Gasteiger charge is 2.27. The van der Waals surface area contributed by atoms with E-state index >= 15 is 0 Å². The van der Waals surface area contributed by atoms with Crippen LogP contribution in [0.3, 0.4) is 0 Å². The zero-order valence-corrected chi connectivity index (χ0v) is 26.3. The molecule has 0 unspecified atom stereocenters. The molecule has 226 valence electrons. The van der Waals surface area contributed by atoms with Crippen molar-refractivity contribution in [2.45, 2.75) is 0 Å². The summed E-state index contributed by atoms with van der Waals surface area (Å²) in [6.07, 6.45) is 0. The molecule has 0 bridgehead atoms. The van der Waals surface area contributed by atoms with E-state index in [0.29, 0.717) is 0 Å². The van der Waals surface area contributed by atoms with Gasteiger partial charge in [-0.15, -0.1) is 0 Å². The highest BCUT2D eigenvalue weighted by atomic mass is 16.3. The molecule has 0 spiro atoms. The summed E-state index contributed by atoms with van der Waals surface area (Å²) in [6.45, 7) is 0. The van der Waals surface area contributed by atoms with Crippen LogP contribution in [0.25, 0.3) is 110 Å². The highest BCUT2D eigenvalue weighted by Crippen LogP contribution is 2.52. The second-order valence-corrected chi connectivity index (χ2v) is 13.3. The van der Waals surface area contributed by atoms with E-state index in [0.717, 1.165) is 38.8 Å². The Morgan fingerprint density at radius 2 is 1.02 bits per heavy atom. The Bertz CT molecular complexity index is 3200. The minimum absolute atomic E-state index is 0.907. The van der Waals surface area contributed by atoms with Crippen LogP contribution in [0.2, 0.25) is 0 Å². The number of benzene rings is 8. The Morgan fingerprint density at radius 3 is 1.82 bits per heavy atom. The van der Waals surface area contributed by atoms with Crippen molar-refractivity contribution in [3.8, 4) is 33.6 Å². The normalized spacial score (nSPS) is 12.5. The minimum Gasteiger partial charge on any atom is -0.456 e. The lowest BCUT2D eigenvalue weighted by Gasteiger charge is -2.14. The van der Waals surface area contributed by atoms with Crippen molar-refractivity contribution in [2.75, 3.05) is 0 Å². The Balaban J connectivity index is 1.11. The van der Waals surface area contributed by atoms with Crippen molar-refractivity contribution in [3.63, 3.8) is 0 Å². The van der Waals surface area contributed by atoms with Crippen molar-refractivity contribution in [2.24, 2.45) is 0 Å². The van der Waals surface area contributed by atoms with Crippen LogP contribution in [-0.2, 0) is 0 Å². The zero-order chi connectivity index (χ0) is 31.8. The van der Waals surface area contributed by atoms with Gasteiger partial charge in [0.15, 0.2) is 0 Å². The van der Waals surface area contributed by atoms with E-state index in [-0.39, 0.29) is 0 Å². The smallest absolute Gasteiger partial charge is 0.137 e. The molecular formula is C46H26N2O. The van der Waals surface area contributed by atoms with Crippen molar-refractivity contribution in [1.82, 2.24) is 9.13 Å². The first-order valence-corrected chi connectivity index (χ1v) is 16.9. The molecule has 11 aromatic rings. The summed E-state index contributed by atoms with van der Waals surface area (Å²) in [5, 5.41) is 9.95. The Kier molecular flexibility index (Phi) is 4.72. The Hall–Kier alpha value is -6.58. The molecule has 0 saturated carbocycles. The SMILES string of the molecule is c1cc2c3c(cccc3c1)-c1c-2ccc2c3ccccc3n(-c3ccc(-n4c5ccccc5c5cc6c(cc54)oc4ccccc46)cc3)c12. The third-order valence-electron chi connectivity index (χ3n) is 10.8. The van der Waals surface area contributed by atoms with Crippen LogP contribution >= 0.6 is 0 Å². The molecule has 0 aliphatic heterocycles. The fraction of sp³-hybridized carbons (Fsp3) is 0. The molecule has 8 aromatic carbocycles. The predicted octanol–water partition coefficient (Wildman–Crippen LogP) is 12.6. The van der Waals surface area contributed by atoms with Gasteiger partial charge < -0.3 is 13.6 Å². The zero-order valence-electron chi connectivity index (χ0n) is 26.3. The van der Waals surface area contributed by atoms with E-state index in [1.54, 1.807) is 0 Å². The number of rotatable bonds is 2. The molecule has 0 amide bonds. The summed E-state index contributed by atoms with van der Waals surface area (Å²) in [4.78, 5) is 0. The third kappa shape index (κ3) is 3.22. The monoisotopic (exact) mass is 622 g/mol. The van der Waals surface area contributed by atoms with E-state index in [2.05, 4.69) is 155 Å². The quantitative estimate of drug-likeness (QED) is 0.188. The average Bonchev–Trinajstić information content (AvgIpc) is 3.88. The maximum atomic E-state index is 6.36. The first kappa shape index (κ1) is 25.5. The standard InChI is InChI=1S/C46H26N2O/c1-5-17-40-30(11-1)35-24-23-34-33-14-7-9-27-10-8-15-36(44(27)33)45(34)46(35)48(40)29-21-19-28(20-22-29)47-39-16-4-2-12-31(39)37-25-38-32-13-3-6-18-42(32)49-43(38)26-41(37)47/h1-26H. The number of aromatic nitrogens is 2. The topological polar surface area (TPSA) is 23.0 Å². The minimum atomic E-state index is 0.907. The van der Waals surface area contributed by atoms with Crippen LogP contribution in [0, 0.1) is 0 Å². The summed E-state index contributed by atoms with van der Waals surface area (Å²) in [5.41, 5.74) is 14.2. The van der Waals surface area contributed by atoms with E-state index < -0.39 is 0 Å². The van der Waals surface area contributed by atoms with Gasteiger partial charge in [-0.2, -0.15) is 0 Å². The molecule has 0 N–H and O–H groups in total. The number of hydrogen-bond donors (Lipinski definition) is 0. The fourth-order valence-electron chi connectivity index (χ4n) is 8.81. The second-order valence-electron chi connectivity index (χ2n) is 13.3. The van der Waals surface area contributed by atoms with E-state index in [9.17, 15) is 0 Å². The maximum absolute atomic E-state index is 6.36. The Labute approximate surface area is 280 Å². The van der Waals surface area contributed by atoms with Crippen LogP contribution in [-0.4, -0.2) is 9.13 Å². The second kappa shape index (κ2) is 9.06.